The van der Waals surface area contributed by atoms with Crippen molar-refractivity contribution < 1.29 is 4.74 Å². The lowest BCUT2D eigenvalue weighted by Gasteiger charge is -2.31. The first kappa shape index (κ1) is 21.5. The zero-order chi connectivity index (χ0) is 21.3. The van der Waals surface area contributed by atoms with Gasteiger partial charge in [0.25, 0.3) is 0 Å². The lowest BCUT2D eigenvalue weighted by Crippen LogP contribution is -2.36. The van der Waals surface area contributed by atoms with Crippen molar-refractivity contribution in [1.82, 2.24) is 4.90 Å². The van der Waals surface area contributed by atoms with Crippen LogP contribution >= 0.6 is 0 Å². The van der Waals surface area contributed by atoms with Gasteiger partial charge in [0.15, 0.2) is 0 Å². The summed E-state index contributed by atoms with van der Waals surface area (Å²) in [6.45, 7) is 2.55. The maximum Gasteiger partial charge on any atom is 0.119 e. The fraction of sp³-hybridized carbons (Fsp3) is 0.357. The fourth-order valence-electron chi connectivity index (χ4n) is 4.44. The number of hydrogen-bond acceptors (Lipinski definition) is 3. The third-order valence-electron chi connectivity index (χ3n) is 6.31. The van der Waals surface area contributed by atoms with Crippen molar-refractivity contribution in [2.45, 2.75) is 44.7 Å². The third-order valence-corrected chi connectivity index (χ3v) is 6.31. The quantitative estimate of drug-likeness (QED) is 0.389. The summed E-state index contributed by atoms with van der Waals surface area (Å²) in [5, 5.41) is 0. The van der Waals surface area contributed by atoms with E-state index in [2.05, 4.69) is 102 Å². The molecule has 0 heterocycles. The summed E-state index contributed by atoms with van der Waals surface area (Å²) >= 11 is 0. The van der Waals surface area contributed by atoms with E-state index in [0.29, 0.717) is 0 Å². The Kier molecular flexibility index (Phi) is 7.62. The van der Waals surface area contributed by atoms with Crippen molar-refractivity contribution in [1.29, 1.82) is 0 Å². The van der Waals surface area contributed by atoms with E-state index < -0.39 is 0 Å². The lowest BCUT2D eigenvalue weighted by atomic mass is 9.94. The summed E-state index contributed by atoms with van der Waals surface area (Å²) < 4.78 is 6.07. The Balaban J connectivity index is 1.38. The fourth-order valence-corrected chi connectivity index (χ4v) is 4.44. The second kappa shape index (κ2) is 11.0. The summed E-state index contributed by atoms with van der Waals surface area (Å²) in [4.78, 5) is 4.82. The van der Waals surface area contributed by atoms with Gasteiger partial charge in [-0.2, -0.15) is 0 Å². The Morgan fingerprint density at radius 1 is 0.742 bits per heavy atom. The van der Waals surface area contributed by atoms with Crippen molar-refractivity contribution in [3.8, 4) is 5.75 Å². The molecule has 0 saturated heterocycles. The van der Waals surface area contributed by atoms with Gasteiger partial charge in [0.1, 0.15) is 12.4 Å². The molecule has 1 saturated carbocycles. The molecule has 0 aliphatic heterocycles. The van der Waals surface area contributed by atoms with Crippen LogP contribution in [0.1, 0.15) is 37.7 Å². The molecule has 0 atom stereocenters. The zero-order valence-corrected chi connectivity index (χ0v) is 18.6. The Bertz CT molecular complexity index is 889. The van der Waals surface area contributed by atoms with Gasteiger partial charge < -0.3 is 14.5 Å². The van der Waals surface area contributed by atoms with Crippen LogP contribution in [0, 0.1) is 0 Å². The summed E-state index contributed by atoms with van der Waals surface area (Å²) in [7, 11) is 2.24. The van der Waals surface area contributed by atoms with Crippen molar-refractivity contribution in [3.63, 3.8) is 0 Å². The molecular weight excluding hydrogens is 380 g/mol. The van der Waals surface area contributed by atoms with E-state index in [0.717, 1.165) is 31.5 Å². The predicted molar refractivity (Wildman–Crippen MR) is 130 cm³/mol. The molecule has 3 nitrogen and oxygen atoms in total. The molecule has 4 rings (SSSR count). The van der Waals surface area contributed by atoms with Crippen LogP contribution in [0.3, 0.4) is 0 Å². The van der Waals surface area contributed by atoms with Crippen molar-refractivity contribution in [2.24, 2.45) is 0 Å². The number of ether oxygens (including phenoxy) is 1. The van der Waals surface area contributed by atoms with Crippen molar-refractivity contribution >= 4 is 11.4 Å². The van der Waals surface area contributed by atoms with Crippen LogP contribution in [0.4, 0.5) is 11.4 Å². The highest BCUT2D eigenvalue weighted by Crippen LogP contribution is 2.29. The van der Waals surface area contributed by atoms with E-state index in [1.165, 1.54) is 49.0 Å². The van der Waals surface area contributed by atoms with Crippen LogP contribution in [0.2, 0.25) is 0 Å². The van der Waals surface area contributed by atoms with Crippen LogP contribution < -0.4 is 9.64 Å². The molecule has 3 aromatic carbocycles. The maximum absolute atomic E-state index is 6.07. The normalized spacial score (nSPS) is 14.5. The summed E-state index contributed by atoms with van der Waals surface area (Å²) in [6.07, 6.45) is 6.82. The molecule has 1 aliphatic rings. The molecule has 0 N–H and O–H groups in total. The summed E-state index contributed by atoms with van der Waals surface area (Å²) in [5.41, 5.74) is 3.65. The molecule has 31 heavy (non-hydrogen) atoms. The van der Waals surface area contributed by atoms with E-state index in [-0.39, 0.29) is 0 Å². The molecule has 162 valence electrons. The smallest absolute Gasteiger partial charge is 0.119 e. The molecular formula is C28H34N2O. The van der Waals surface area contributed by atoms with E-state index in [4.69, 9.17) is 4.74 Å². The molecule has 0 bridgehead atoms. The van der Waals surface area contributed by atoms with Gasteiger partial charge in [0, 0.05) is 30.5 Å². The van der Waals surface area contributed by atoms with Gasteiger partial charge in [-0.05, 0) is 61.9 Å². The Morgan fingerprint density at radius 3 is 2.03 bits per heavy atom. The number of likely N-dealkylation sites (N-methyl/N-ethyl adjacent to an activating group) is 1. The second-order valence-electron chi connectivity index (χ2n) is 8.52. The minimum absolute atomic E-state index is 0.733. The number of rotatable bonds is 9. The lowest BCUT2D eigenvalue weighted by molar-refractivity contribution is 0.160. The second-order valence-corrected chi connectivity index (χ2v) is 8.52. The monoisotopic (exact) mass is 414 g/mol. The molecule has 3 heteroatoms. The van der Waals surface area contributed by atoms with Crippen LogP contribution in [0.25, 0.3) is 0 Å². The van der Waals surface area contributed by atoms with Crippen LogP contribution in [-0.4, -0.2) is 31.1 Å². The topological polar surface area (TPSA) is 15.7 Å². The van der Waals surface area contributed by atoms with E-state index in [9.17, 15) is 0 Å². The van der Waals surface area contributed by atoms with Gasteiger partial charge in [-0.25, -0.2) is 0 Å². The molecule has 0 aromatic heterocycles. The van der Waals surface area contributed by atoms with Gasteiger partial charge >= 0.3 is 0 Å². The number of nitrogens with zero attached hydrogens (tertiary/aromatic N) is 2. The van der Waals surface area contributed by atoms with E-state index >= 15 is 0 Å². The van der Waals surface area contributed by atoms with Crippen LogP contribution in [-0.2, 0) is 6.54 Å². The van der Waals surface area contributed by atoms with Crippen LogP contribution in [0.5, 0.6) is 5.75 Å². The molecule has 0 spiro atoms. The number of benzene rings is 3. The van der Waals surface area contributed by atoms with Gasteiger partial charge in [-0.1, -0.05) is 67.8 Å². The molecule has 3 aromatic rings. The standard InChI is InChI=1S/C28H34N2O/c1-29(25-13-7-3-8-14-25)21-22-31-28-19-17-27(18-20-28)30(26-15-9-4-10-16-26)23-24-11-5-2-6-12-24/h2,4-6,9-12,15-20,25H,3,7-8,13-14,21-23H2,1H3. The van der Waals surface area contributed by atoms with Crippen molar-refractivity contribution in [3.05, 3.63) is 90.5 Å². The largest absolute Gasteiger partial charge is 0.492 e. The molecule has 0 radical (unpaired) electrons. The maximum atomic E-state index is 6.07. The van der Waals surface area contributed by atoms with Crippen LogP contribution in [0.15, 0.2) is 84.9 Å². The Morgan fingerprint density at radius 2 is 1.35 bits per heavy atom. The first-order valence-corrected chi connectivity index (χ1v) is 11.6. The first-order valence-electron chi connectivity index (χ1n) is 11.6. The van der Waals surface area contributed by atoms with Gasteiger partial charge in [0.05, 0.1) is 0 Å². The highest BCUT2D eigenvalue weighted by Gasteiger charge is 2.17. The van der Waals surface area contributed by atoms with E-state index in [1.807, 2.05) is 0 Å². The van der Waals surface area contributed by atoms with Crippen molar-refractivity contribution in [2.75, 3.05) is 25.1 Å². The summed E-state index contributed by atoms with van der Waals surface area (Å²) in [5.74, 6) is 0.938. The van der Waals surface area contributed by atoms with E-state index in [1.54, 1.807) is 0 Å². The number of hydrogen-bond donors (Lipinski definition) is 0. The SMILES string of the molecule is CN(CCOc1ccc(N(Cc2ccccc2)c2ccccc2)cc1)C1CCCCC1. The highest BCUT2D eigenvalue weighted by molar-refractivity contribution is 5.64. The summed E-state index contributed by atoms with van der Waals surface area (Å²) in [6, 6.07) is 30.4. The minimum atomic E-state index is 0.733. The minimum Gasteiger partial charge on any atom is -0.492 e. The highest BCUT2D eigenvalue weighted by atomic mass is 16.5. The molecule has 0 amide bonds. The predicted octanol–water partition coefficient (Wildman–Crippen LogP) is 6.67. The molecule has 0 unspecified atom stereocenters. The number of anilines is 2. The Labute approximate surface area is 187 Å². The third kappa shape index (κ3) is 6.11. The number of para-hydroxylation sites is 1. The molecule has 1 fully saturated rings. The Hall–Kier alpha value is -2.78. The van der Waals surface area contributed by atoms with Gasteiger partial charge in [0.2, 0.25) is 0 Å². The zero-order valence-electron chi connectivity index (χ0n) is 18.6. The van der Waals surface area contributed by atoms with Gasteiger partial charge in [-0.3, -0.25) is 0 Å². The average Bonchev–Trinajstić information content (AvgIpc) is 2.85. The molecule has 1 aliphatic carbocycles. The average molecular weight is 415 g/mol. The first-order chi connectivity index (χ1) is 15.3. The van der Waals surface area contributed by atoms with Gasteiger partial charge in [-0.15, -0.1) is 0 Å².